The molecule has 28 heteroatoms. The second kappa shape index (κ2) is 37.7. The number of rotatable bonds is 41. The SMILES string of the molecule is O=C1CCC(N2Cc3cc(CNC(=O)Nc4cc(Cl)cc(OCCOCCOCCOCCOCCOCCOCCOCCOCCOCCOCCNc5nc(N6CCNCC6)c6cc(Cl)c(-c7cc(O)cc8ccccc78)c(F)c6n5)c4)ccc3C2=O)C(=O)N1. The average molecular weight is 1330 g/mol. The van der Waals surface area contributed by atoms with Crippen molar-refractivity contribution in [3.63, 3.8) is 0 Å². The zero-order valence-electron chi connectivity index (χ0n) is 51.8. The van der Waals surface area contributed by atoms with E-state index in [4.69, 9.17) is 80.3 Å². The summed E-state index contributed by atoms with van der Waals surface area (Å²) in [4.78, 5) is 62.8. The number of aromatic hydroxyl groups is 1. The van der Waals surface area contributed by atoms with Gasteiger partial charge in [0.05, 0.1) is 137 Å². The Labute approximate surface area is 548 Å². The van der Waals surface area contributed by atoms with E-state index in [0.29, 0.717) is 191 Å². The number of halogens is 3. The third-order valence-electron chi connectivity index (χ3n) is 14.9. The minimum Gasteiger partial charge on any atom is -0.508 e. The molecule has 0 bridgehead atoms. The lowest BCUT2D eigenvalue weighted by molar-refractivity contribution is -0.136. The Bertz CT molecular complexity index is 3430. The topological polar surface area (TPSA) is 282 Å². The van der Waals surface area contributed by atoms with Gasteiger partial charge < -0.3 is 88.3 Å². The Morgan fingerprint density at radius 3 is 1.86 bits per heavy atom. The third-order valence-corrected chi connectivity index (χ3v) is 15.5. The molecular weight excluding hydrogens is 1250 g/mol. The molecule has 0 aliphatic carbocycles. The molecule has 6 aromatic rings. The summed E-state index contributed by atoms with van der Waals surface area (Å²) in [6, 6.07) is 21.3. The maximum absolute atomic E-state index is 16.7. The van der Waals surface area contributed by atoms with Gasteiger partial charge in [-0.05, 0) is 70.3 Å². The Morgan fingerprint density at radius 1 is 0.656 bits per heavy atom. The lowest BCUT2D eigenvalue weighted by Crippen LogP contribution is -2.52. The predicted octanol–water partition coefficient (Wildman–Crippen LogP) is 6.75. The van der Waals surface area contributed by atoms with Crippen LogP contribution in [0.1, 0.15) is 34.3 Å². The monoisotopic (exact) mass is 1330 g/mol. The molecule has 1 unspecified atom stereocenters. The van der Waals surface area contributed by atoms with Gasteiger partial charge in [0.15, 0.2) is 5.82 Å². The molecule has 0 spiro atoms. The molecule has 93 heavy (non-hydrogen) atoms. The number of carbonyl (C=O) groups is 4. The number of benzene rings is 5. The van der Waals surface area contributed by atoms with E-state index < -0.39 is 23.8 Å². The van der Waals surface area contributed by atoms with Crippen LogP contribution in [0.5, 0.6) is 11.5 Å². The summed E-state index contributed by atoms with van der Waals surface area (Å²) in [7, 11) is 0. The number of carbonyl (C=O) groups excluding carboxylic acids is 4. The minimum absolute atomic E-state index is 0.00483. The second-order valence-electron chi connectivity index (χ2n) is 21.5. The van der Waals surface area contributed by atoms with Crippen molar-refractivity contribution < 1.29 is 80.8 Å². The van der Waals surface area contributed by atoms with Crippen molar-refractivity contribution in [2.24, 2.45) is 0 Å². The van der Waals surface area contributed by atoms with Crippen molar-refractivity contribution >= 4 is 86.1 Å². The first-order valence-corrected chi connectivity index (χ1v) is 31.9. The van der Waals surface area contributed by atoms with Crippen LogP contribution in [0.25, 0.3) is 32.8 Å². The average Bonchev–Trinajstić information content (AvgIpc) is 1.04. The van der Waals surface area contributed by atoms with E-state index in [1.165, 1.54) is 11.0 Å². The molecule has 6 N–H and O–H groups in total. The van der Waals surface area contributed by atoms with Gasteiger partial charge in [-0.1, -0.05) is 59.6 Å². The van der Waals surface area contributed by atoms with E-state index in [-0.39, 0.29) is 72.2 Å². The van der Waals surface area contributed by atoms with E-state index in [2.05, 4.69) is 36.5 Å². The van der Waals surface area contributed by atoms with Gasteiger partial charge in [0.1, 0.15) is 35.5 Å². The quantitative estimate of drug-likeness (QED) is 0.0171. The number of piperazine rings is 1. The molecule has 502 valence electrons. The van der Waals surface area contributed by atoms with E-state index in [9.17, 15) is 24.3 Å². The smallest absolute Gasteiger partial charge is 0.319 e. The predicted molar refractivity (Wildman–Crippen MR) is 346 cm³/mol. The van der Waals surface area contributed by atoms with Gasteiger partial charge in [0.25, 0.3) is 5.91 Å². The number of anilines is 3. The fourth-order valence-corrected chi connectivity index (χ4v) is 11.0. The highest BCUT2D eigenvalue weighted by atomic mass is 35.5. The molecule has 2 saturated heterocycles. The van der Waals surface area contributed by atoms with Crippen molar-refractivity contribution in [1.29, 1.82) is 0 Å². The van der Waals surface area contributed by atoms with Crippen LogP contribution in [0.15, 0.2) is 78.9 Å². The summed E-state index contributed by atoms with van der Waals surface area (Å²) < 4.78 is 78.5. The fourth-order valence-electron chi connectivity index (χ4n) is 10.5. The summed E-state index contributed by atoms with van der Waals surface area (Å²) in [5, 5.41) is 27.5. The van der Waals surface area contributed by atoms with Crippen molar-refractivity contribution in [2.75, 3.05) is 187 Å². The number of fused-ring (bicyclic) bond motifs is 3. The van der Waals surface area contributed by atoms with Crippen LogP contribution >= 0.6 is 23.2 Å². The molecule has 1 atom stereocenters. The zero-order valence-corrected chi connectivity index (χ0v) is 53.3. The molecule has 1 aromatic heterocycles. The first-order chi connectivity index (χ1) is 45.5. The number of nitrogens with one attached hydrogen (secondary N) is 5. The second-order valence-corrected chi connectivity index (χ2v) is 22.4. The van der Waals surface area contributed by atoms with Gasteiger partial charge in [0, 0.05) is 85.5 Å². The molecule has 4 heterocycles. The molecule has 25 nitrogen and oxygen atoms in total. The van der Waals surface area contributed by atoms with E-state index in [0.717, 1.165) is 35.0 Å². The van der Waals surface area contributed by atoms with E-state index in [1.54, 1.807) is 42.5 Å². The standard InChI is InChI=1S/C65H80Cl2FN9O16/c66-47-37-48(72-65(82)71-42-44-5-6-52-46(35-44)43-77(63(52)81)56-7-8-57(79)73-62(56)80)39-50(38-47)93-34-33-92-32-31-91-30-29-90-28-27-89-26-25-88-24-23-87-22-21-86-20-19-85-18-17-84-16-15-83-14-11-70-64-74-60-54(61(75-64)76-12-9-69-10-13-76)41-55(67)58(59(60)68)53-40-49(78)36-45-3-1-2-4-51(45)53/h1-6,35-41,56,69,78H,7-34,42-43H2,(H,70,74,75)(H2,71,72,82)(H,73,79,80). The highest BCUT2D eigenvalue weighted by Crippen LogP contribution is 2.42. The lowest BCUT2D eigenvalue weighted by atomic mass is 9.96. The maximum atomic E-state index is 16.7. The van der Waals surface area contributed by atoms with Gasteiger partial charge in [-0.25, -0.2) is 14.2 Å². The van der Waals surface area contributed by atoms with Crippen molar-refractivity contribution in [1.82, 2.24) is 30.8 Å². The minimum atomic E-state index is -0.702. The Hall–Kier alpha value is -7.15. The molecule has 0 saturated carbocycles. The largest absolute Gasteiger partial charge is 0.508 e. The van der Waals surface area contributed by atoms with Gasteiger partial charge in [0.2, 0.25) is 17.8 Å². The first-order valence-electron chi connectivity index (χ1n) is 31.1. The third kappa shape index (κ3) is 21.7. The van der Waals surface area contributed by atoms with Crippen LogP contribution in [-0.2, 0) is 70.0 Å². The molecule has 0 radical (unpaired) electrons. The maximum Gasteiger partial charge on any atom is 0.319 e. The summed E-state index contributed by atoms with van der Waals surface area (Å²) in [5.74, 6) is -0.362. The van der Waals surface area contributed by atoms with Crippen molar-refractivity contribution in [3.8, 4) is 22.6 Å². The molecular formula is C65H80Cl2FN9O16. The van der Waals surface area contributed by atoms with E-state index in [1.807, 2.05) is 30.3 Å². The number of amides is 5. The number of hydrogen-bond acceptors (Lipinski definition) is 21. The number of imide groups is 1. The van der Waals surface area contributed by atoms with Crippen LogP contribution in [0.3, 0.4) is 0 Å². The lowest BCUT2D eigenvalue weighted by Gasteiger charge is -2.29. The molecule has 2 fully saturated rings. The van der Waals surface area contributed by atoms with Crippen molar-refractivity contribution in [3.05, 3.63) is 111 Å². The summed E-state index contributed by atoms with van der Waals surface area (Å²) in [5.41, 5.74) is 3.19. The van der Waals surface area contributed by atoms with Crippen LogP contribution in [0, 0.1) is 5.82 Å². The molecule has 5 amide bonds. The molecule has 9 rings (SSSR count). The van der Waals surface area contributed by atoms with Crippen LogP contribution in [0.4, 0.5) is 26.6 Å². The summed E-state index contributed by atoms with van der Waals surface area (Å²) in [6.45, 7) is 12.1. The number of ether oxygens (including phenoxy) is 11. The first kappa shape index (κ1) is 70.2. The number of urea groups is 1. The van der Waals surface area contributed by atoms with Gasteiger partial charge in [-0.3, -0.25) is 19.7 Å². The summed E-state index contributed by atoms with van der Waals surface area (Å²) in [6.07, 6.45) is 0.458. The molecule has 5 aromatic carbocycles. The van der Waals surface area contributed by atoms with Gasteiger partial charge >= 0.3 is 6.03 Å². The number of hydrogen-bond donors (Lipinski definition) is 6. The van der Waals surface area contributed by atoms with Gasteiger partial charge in [-0.15, -0.1) is 0 Å². The fraction of sp³-hybridized carbons (Fsp3) is 0.477. The Balaban J connectivity index is 0.503. The molecule has 3 aliphatic heterocycles. The van der Waals surface area contributed by atoms with Crippen molar-refractivity contribution in [2.45, 2.75) is 32.0 Å². The van der Waals surface area contributed by atoms with E-state index >= 15 is 4.39 Å². The van der Waals surface area contributed by atoms with Gasteiger partial charge in [-0.2, -0.15) is 4.98 Å². The number of aromatic nitrogens is 2. The normalized spacial score (nSPS) is 14.9. The molecule has 3 aliphatic rings. The van der Waals surface area contributed by atoms with Crippen LogP contribution < -0.4 is 36.2 Å². The van der Waals surface area contributed by atoms with Crippen LogP contribution in [0.2, 0.25) is 10.0 Å². The zero-order chi connectivity index (χ0) is 65.0. The Morgan fingerprint density at radius 2 is 1.25 bits per heavy atom. The highest BCUT2D eigenvalue weighted by Gasteiger charge is 2.39. The number of nitrogens with zero attached hydrogens (tertiary/aromatic N) is 4. The van der Waals surface area contributed by atoms with Crippen LogP contribution in [-0.4, -0.2) is 221 Å². The Kier molecular flexibility index (Phi) is 28.4. The number of phenolic OH excluding ortho intramolecular Hbond substituents is 1. The number of phenols is 1. The number of piperidine rings is 1. The summed E-state index contributed by atoms with van der Waals surface area (Å²) >= 11 is 13.1. The highest BCUT2D eigenvalue weighted by molar-refractivity contribution is 6.35.